The van der Waals surface area contributed by atoms with Crippen molar-refractivity contribution in [3.8, 4) is 0 Å². The van der Waals surface area contributed by atoms with Crippen LogP contribution in [0.3, 0.4) is 0 Å². The minimum Gasteiger partial charge on any atom is -0.272 e. The van der Waals surface area contributed by atoms with Crippen LogP contribution >= 0.6 is 0 Å². The van der Waals surface area contributed by atoms with E-state index in [0.717, 1.165) is 18.5 Å². The average Bonchev–Trinajstić information content (AvgIpc) is 2.45. The number of hydrogen-bond donors (Lipinski definition) is 0. The highest BCUT2D eigenvalue weighted by Crippen LogP contribution is 2.40. The lowest BCUT2D eigenvalue weighted by Crippen LogP contribution is -2.13. The van der Waals surface area contributed by atoms with E-state index in [1.54, 1.807) is 7.05 Å². The molecular weight excluding hydrogens is 205 g/mol. The van der Waals surface area contributed by atoms with E-state index in [1.807, 2.05) is 6.92 Å². The first-order valence-corrected chi connectivity index (χ1v) is 5.04. The van der Waals surface area contributed by atoms with E-state index in [-0.39, 0.29) is 5.92 Å². The van der Waals surface area contributed by atoms with Gasteiger partial charge >= 0.3 is 6.18 Å². The quantitative estimate of drug-likeness (QED) is 0.654. The van der Waals surface area contributed by atoms with Gasteiger partial charge in [-0.2, -0.15) is 18.3 Å². The Bertz CT molecular complexity index is 379. The number of rotatable bonds is 0. The average molecular weight is 218 g/mol. The van der Waals surface area contributed by atoms with Gasteiger partial charge in [-0.3, -0.25) is 4.68 Å². The van der Waals surface area contributed by atoms with Crippen LogP contribution in [0.25, 0.3) is 0 Å². The zero-order valence-electron chi connectivity index (χ0n) is 8.73. The fourth-order valence-electron chi connectivity index (χ4n) is 2.32. The van der Waals surface area contributed by atoms with Crippen molar-refractivity contribution in [1.82, 2.24) is 9.78 Å². The molecule has 1 heterocycles. The van der Waals surface area contributed by atoms with Crippen LogP contribution in [-0.2, 0) is 19.6 Å². The lowest BCUT2D eigenvalue weighted by molar-refractivity contribution is -0.142. The number of nitrogens with zero attached hydrogens (tertiary/aromatic N) is 2. The summed E-state index contributed by atoms with van der Waals surface area (Å²) in [6.45, 7) is 1.84. The van der Waals surface area contributed by atoms with Gasteiger partial charge in [0.25, 0.3) is 0 Å². The van der Waals surface area contributed by atoms with Crippen molar-refractivity contribution in [2.45, 2.75) is 38.3 Å². The number of alkyl halides is 3. The van der Waals surface area contributed by atoms with Crippen molar-refractivity contribution >= 4 is 0 Å². The van der Waals surface area contributed by atoms with Crippen LogP contribution in [0.4, 0.5) is 13.2 Å². The second-order valence-corrected chi connectivity index (χ2v) is 4.12. The largest absolute Gasteiger partial charge is 0.435 e. The molecule has 0 bridgehead atoms. The van der Waals surface area contributed by atoms with Gasteiger partial charge in [-0.05, 0) is 25.2 Å². The van der Waals surface area contributed by atoms with Crippen LogP contribution in [-0.4, -0.2) is 9.78 Å². The summed E-state index contributed by atoms with van der Waals surface area (Å²) in [6.07, 6.45) is -1.84. The van der Waals surface area contributed by atoms with Gasteiger partial charge in [0.05, 0.1) is 0 Å². The van der Waals surface area contributed by atoms with E-state index in [2.05, 4.69) is 5.10 Å². The lowest BCUT2D eigenvalue weighted by Gasteiger charge is -2.20. The topological polar surface area (TPSA) is 17.8 Å². The predicted octanol–water partition coefficient (Wildman–Crippen LogP) is 2.88. The normalized spacial score (nSPS) is 21.5. The molecule has 1 aromatic rings. The molecule has 84 valence electrons. The number of fused-ring (bicyclic) bond motifs is 1. The summed E-state index contributed by atoms with van der Waals surface area (Å²) < 4.78 is 39.4. The molecule has 2 nitrogen and oxygen atoms in total. The van der Waals surface area contributed by atoms with E-state index in [9.17, 15) is 13.2 Å². The summed E-state index contributed by atoms with van der Waals surface area (Å²) >= 11 is 0. The first-order chi connectivity index (χ1) is 6.91. The number of aromatic nitrogens is 2. The monoisotopic (exact) mass is 218 g/mol. The van der Waals surface area contributed by atoms with E-state index in [4.69, 9.17) is 0 Å². The van der Waals surface area contributed by atoms with E-state index in [0.29, 0.717) is 12.0 Å². The van der Waals surface area contributed by atoms with Crippen molar-refractivity contribution in [1.29, 1.82) is 0 Å². The molecule has 1 unspecified atom stereocenters. The number of aryl methyl sites for hydroxylation is 1. The van der Waals surface area contributed by atoms with Crippen molar-refractivity contribution in [3.63, 3.8) is 0 Å². The molecule has 1 atom stereocenters. The second kappa shape index (κ2) is 3.25. The molecule has 1 aromatic heterocycles. The molecule has 1 aliphatic rings. The number of hydrogen-bond acceptors (Lipinski definition) is 1. The Kier molecular flexibility index (Phi) is 2.28. The Labute approximate surface area is 86.1 Å². The van der Waals surface area contributed by atoms with Crippen LogP contribution in [0.5, 0.6) is 0 Å². The Morgan fingerprint density at radius 2 is 2.07 bits per heavy atom. The lowest BCUT2D eigenvalue weighted by atomic mass is 9.86. The highest BCUT2D eigenvalue weighted by Gasteiger charge is 2.40. The van der Waals surface area contributed by atoms with Gasteiger partial charge < -0.3 is 0 Å². The molecule has 0 saturated heterocycles. The van der Waals surface area contributed by atoms with E-state index in [1.165, 1.54) is 4.68 Å². The molecule has 5 heteroatoms. The minimum absolute atomic E-state index is 0.0286. The maximum absolute atomic E-state index is 12.7. The SMILES string of the molecule is CC1CCCc2c1c(C(F)(F)F)nn2C. The van der Waals surface area contributed by atoms with Gasteiger partial charge in [-0.15, -0.1) is 0 Å². The fourth-order valence-corrected chi connectivity index (χ4v) is 2.32. The fraction of sp³-hybridized carbons (Fsp3) is 0.700. The first kappa shape index (κ1) is 10.5. The molecule has 0 spiro atoms. The molecule has 0 aromatic carbocycles. The van der Waals surface area contributed by atoms with Crippen molar-refractivity contribution in [3.05, 3.63) is 17.0 Å². The summed E-state index contributed by atoms with van der Waals surface area (Å²) in [5.41, 5.74) is 0.476. The standard InChI is InChI=1S/C10H13F3N2/c1-6-4-3-5-7-8(6)9(10(11,12)13)14-15(7)2/h6H,3-5H2,1-2H3. The van der Waals surface area contributed by atoms with Crippen LogP contribution < -0.4 is 0 Å². The van der Waals surface area contributed by atoms with Gasteiger partial charge in [-0.1, -0.05) is 6.92 Å². The molecule has 0 saturated carbocycles. The van der Waals surface area contributed by atoms with E-state index >= 15 is 0 Å². The Hall–Kier alpha value is -1.00. The molecule has 0 N–H and O–H groups in total. The molecule has 1 aliphatic carbocycles. The van der Waals surface area contributed by atoms with Crippen molar-refractivity contribution in [2.75, 3.05) is 0 Å². The highest BCUT2D eigenvalue weighted by atomic mass is 19.4. The summed E-state index contributed by atoms with van der Waals surface area (Å²) in [5.74, 6) is -0.0286. The molecule has 0 aliphatic heterocycles. The molecule has 0 amide bonds. The summed E-state index contributed by atoms with van der Waals surface area (Å²) in [7, 11) is 1.59. The van der Waals surface area contributed by atoms with Crippen LogP contribution in [0.2, 0.25) is 0 Å². The third-order valence-corrected chi connectivity index (χ3v) is 3.02. The Morgan fingerprint density at radius 1 is 1.40 bits per heavy atom. The smallest absolute Gasteiger partial charge is 0.272 e. The molecule has 15 heavy (non-hydrogen) atoms. The molecule has 0 fully saturated rings. The Morgan fingerprint density at radius 3 is 2.67 bits per heavy atom. The zero-order chi connectivity index (χ0) is 11.2. The maximum atomic E-state index is 12.7. The van der Waals surface area contributed by atoms with Gasteiger partial charge in [0.2, 0.25) is 0 Å². The van der Waals surface area contributed by atoms with Crippen molar-refractivity contribution < 1.29 is 13.2 Å². The van der Waals surface area contributed by atoms with Gasteiger partial charge in [-0.25, -0.2) is 0 Å². The second-order valence-electron chi connectivity index (χ2n) is 4.12. The first-order valence-electron chi connectivity index (χ1n) is 5.04. The van der Waals surface area contributed by atoms with Crippen LogP contribution in [0.1, 0.15) is 42.6 Å². The third kappa shape index (κ3) is 1.64. The minimum atomic E-state index is -4.32. The van der Waals surface area contributed by atoms with Gasteiger partial charge in [0, 0.05) is 18.3 Å². The van der Waals surface area contributed by atoms with Crippen LogP contribution in [0.15, 0.2) is 0 Å². The van der Waals surface area contributed by atoms with Crippen LogP contribution in [0, 0.1) is 0 Å². The van der Waals surface area contributed by atoms with Gasteiger partial charge in [0.15, 0.2) is 5.69 Å². The predicted molar refractivity (Wildman–Crippen MR) is 49.6 cm³/mol. The van der Waals surface area contributed by atoms with E-state index < -0.39 is 11.9 Å². The summed E-state index contributed by atoms with van der Waals surface area (Å²) in [5, 5.41) is 3.61. The molecule has 2 rings (SSSR count). The zero-order valence-corrected chi connectivity index (χ0v) is 8.73. The Balaban J connectivity index is 2.58. The van der Waals surface area contributed by atoms with Crippen molar-refractivity contribution in [2.24, 2.45) is 7.05 Å². The summed E-state index contributed by atoms with van der Waals surface area (Å²) in [4.78, 5) is 0. The maximum Gasteiger partial charge on any atom is 0.435 e. The molecule has 0 radical (unpaired) electrons. The molecular formula is C10H13F3N2. The number of halogens is 3. The summed E-state index contributed by atoms with van der Waals surface area (Å²) in [6, 6.07) is 0. The third-order valence-electron chi connectivity index (χ3n) is 3.02. The highest BCUT2D eigenvalue weighted by molar-refractivity contribution is 5.33. The van der Waals surface area contributed by atoms with Gasteiger partial charge in [0.1, 0.15) is 0 Å².